The molecule has 0 aromatic heterocycles. The highest BCUT2D eigenvalue weighted by atomic mass is 79.9. The van der Waals surface area contributed by atoms with E-state index in [0.717, 1.165) is 4.47 Å². The number of hydrogen-bond donors (Lipinski definition) is 1. The number of likely N-dealkylation sites (N-methyl/N-ethyl adjacent to an activating group) is 2. The highest BCUT2D eigenvalue weighted by Gasteiger charge is 2.18. The van der Waals surface area contributed by atoms with E-state index in [1.165, 1.54) is 4.90 Å². The van der Waals surface area contributed by atoms with Gasteiger partial charge in [0.05, 0.1) is 12.1 Å². The van der Waals surface area contributed by atoms with Crippen LogP contribution in [0.25, 0.3) is 0 Å². The number of rotatable bonds is 4. The summed E-state index contributed by atoms with van der Waals surface area (Å²) in [7, 11) is 1.55. The molecule has 1 aromatic carbocycles. The standard InChI is InChI=1S/C12H14Br2N2O2/c1-3-16(7-11(17)15-2)12(18)9-5-4-8(13)6-10(9)14/h4-6H,3,7H2,1-2H3,(H,15,17). The van der Waals surface area contributed by atoms with E-state index < -0.39 is 0 Å². The van der Waals surface area contributed by atoms with Crippen molar-refractivity contribution in [3.05, 3.63) is 32.7 Å². The molecule has 1 rings (SSSR count). The van der Waals surface area contributed by atoms with E-state index in [9.17, 15) is 9.59 Å². The summed E-state index contributed by atoms with van der Waals surface area (Å²) in [5.41, 5.74) is 0.545. The Labute approximate surface area is 123 Å². The van der Waals surface area contributed by atoms with Gasteiger partial charge < -0.3 is 10.2 Å². The molecule has 98 valence electrons. The van der Waals surface area contributed by atoms with Crippen molar-refractivity contribution in [2.24, 2.45) is 0 Å². The van der Waals surface area contributed by atoms with Crippen LogP contribution in [0.2, 0.25) is 0 Å². The van der Waals surface area contributed by atoms with Crippen LogP contribution < -0.4 is 5.32 Å². The Kier molecular flexibility index (Phi) is 5.81. The third-order valence-corrected chi connectivity index (χ3v) is 3.59. The van der Waals surface area contributed by atoms with Gasteiger partial charge in [-0.1, -0.05) is 15.9 Å². The van der Waals surface area contributed by atoms with Crippen LogP contribution in [0.3, 0.4) is 0 Å². The summed E-state index contributed by atoms with van der Waals surface area (Å²) in [5.74, 6) is -0.348. The molecule has 0 radical (unpaired) electrons. The normalized spacial score (nSPS) is 10.0. The van der Waals surface area contributed by atoms with Crippen LogP contribution >= 0.6 is 31.9 Å². The molecule has 4 nitrogen and oxygen atoms in total. The van der Waals surface area contributed by atoms with Crippen molar-refractivity contribution in [2.75, 3.05) is 20.1 Å². The van der Waals surface area contributed by atoms with E-state index in [2.05, 4.69) is 37.2 Å². The van der Waals surface area contributed by atoms with Crippen LogP contribution in [0.1, 0.15) is 17.3 Å². The second-order valence-corrected chi connectivity index (χ2v) is 5.39. The minimum Gasteiger partial charge on any atom is -0.358 e. The van der Waals surface area contributed by atoms with Crippen molar-refractivity contribution in [3.8, 4) is 0 Å². The number of nitrogens with one attached hydrogen (secondary N) is 1. The molecule has 6 heteroatoms. The highest BCUT2D eigenvalue weighted by Crippen LogP contribution is 2.23. The fourth-order valence-electron chi connectivity index (χ4n) is 1.41. The molecule has 0 spiro atoms. The first-order valence-electron chi connectivity index (χ1n) is 5.44. The maximum absolute atomic E-state index is 12.3. The van der Waals surface area contributed by atoms with Crippen LogP contribution in [-0.2, 0) is 4.79 Å². The van der Waals surface area contributed by atoms with Gasteiger partial charge in [-0.15, -0.1) is 0 Å². The summed E-state index contributed by atoms with van der Waals surface area (Å²) in [6.07, 6.45) is 0. The average Bonchev–Trinajstić information content (AvgIpc) is 2.34. The number of carbonyl (C=O) groups is 2. The van der Waals surface area contributed by atoms with E-state index in [1.54, 1.807) is 25.2 Å². The van der Waals surface area contributed by atoms with E-state index in [1.807, 2.05) is 6.92 Å². The lowest BCUT2D eigenvalue weighted by molar-refractivity contribution is -0.121. The Balaban J connectivity index is 2.93. The van der Waals surface area contributed by atoms with Crippen molar-refractivity contribution in [1.29, 1.82) is 0 Å². The Morgan fingerprint density at radius 3 is 2.50 bits per heavy atom. The monoisotopic (exact) mass is 376 g/mol. The summed E-state index contributed by atoms with van der Waals surface area (Å²) in [6, 6.07) is 5.33. The Morgan fingerprint density at radius 2 is 2.00 bits per heavy atom. The summed E-state index contributed by atoms with van der Waals surface area (Å²) < 4.78 is 1.59. The first-order chi connectivity index (χ1) is 8.49. The van der Waals surface area contributed by atoms with Gasteiger partial charge in [-0.2, -0.15) is 0 Å². The van der Waals surface area contributed by atoms with E-state index in [0.29, 0.717) is 16.6 Å². The molecule has 0 heterocycles. The lowest BCUT2D eigenvalue weighted by Gasteiger charge is -2.20. The van der Waals surface area contributed by atoms with Crippen molar-refractivity contribution < 1.29 is 9.59 Å². The second-order valence-electron chi connectivity index (χ2n) is 3.62. The molecule has 0 fully saturated rings. The molecule has 0 aliphatic rings. The van der Waals surface area contributed by atoms with Gasteiger partial charge in [0, 0.05) is 22.5 Å². The second kappa shape index (κ2) is 6.89. The molecule has 1 N–H and O–H groups in total. The minimum atomic E-state index is -0.182. The van der Waals surface area contributed by atoms with Gasteiger partial charge in [0.1, 0.15) is 0 Å². The van der Waals surface area contributed by atoms with Crippen molar-refractivity contribution in [2.45, 2.75) is 6.92 Å². The van der Waals surface area contributed by atoms with Gasteiger partial charge >= 0.3 is 0 Å². The number of amides is 2. The van der Waals surface area contributed by atoms with Crippen LogP contribution in [-0.4, -0.2) is 36.9 Å². The Bertz CT molecular complexity index is 463. The van der Waals surface area contributed by atoms with Crippen molar-refractivity contribution in [1.82, 2.24) is 10.2 Å². The average molecular weight is 378 g/mol. The van der Waals surface area contributed by atoms with Gasteiger partial charge in [-0.25, -0.2) is 0 Å². The van der Waals surface area contributed by atoms with Crippen molar-refractivity contribution >= 4 is 43.7 Å². The third-order valence-electron chi connectivity index (χ3n) is 2.44. The quantitative estimate of drug-likeness (QED) is 0.875. The zero-order valence-electron chi connectivity index (χ0n) is 10.2. The third kappa shape index (κ3) is 3.81. The lowest BCUT2D eigenvalue weighted by Crippen LogP contribution is -2.39. The molecule has 0 aliphatic heterocycles. The SMILES string of the molecule is CCN(CC(=O)NC)C(=O)c1ccc(Br)cc1Br. The number of halogens is 2. The molecule has 0 saturated heterocycles. The molecule has 2 amide bonds. The maximum atomic E-state index is 12.3. The summed E-state index contributed by atoms with van der Waals surface area (Å²) in [6.45, 7) is 2.39. The molecule has 18 heavy (non-hydrogen) atoms. The number of nitrogens with zero attached hydrogens (tertiary/aromatic N) is 1. The van der Waals surface area contributed by atoms with E-state index >= 15 is 0 Å². The summed E-state index contributed by atoms with van der Waals surface area (Å²) in [4.78, 5) is 25.1. The molecular weight excluding hydrogens is 364 g/mol. The molecule has 0 aliphatic carbocycles. The number of hydrogen-bond acceptors (Lipinski definition) is 2. The largest absolute Gasteiger partial charge is 0.358 e. The van der Waals surface area contributed by atoms with Gasteiger partial charge in [0.25, 0.3) is 5.91 Å². The highest BCUT2D eigenvalue weighted by molar-refractivity contribution is 9.11. The van der Waals surface area contributed by atoms with Crippen molar-refractivity contribution in [3.63, 3.8) is 0 Å². The summed E-state index contributed by atoms with van der Waals surface area (Å²) >= 11 is 6.68. The molecular formula is C12H14Br2N2O2. The molecule has 0 unspecified atom stereocenters. The van der Waals surface area contributed by atoms with Gasteiger partial charge in [0.2, 0.25) is 5.91 Å². The number of benzene rings is 1. The van der Waals surface area contributed by atoms with Crippen LogP contribution in [0.15, 0.2) is 27.1 Å². The first kappa shape index (κ1) is 15.2. The molecule has 0 atom stereocenters. The van der Waals surface area contributed by atoms with E-state index in [4.69, 9.17) is 0 Å². The zero-order valence-corrected chi connectivity index (χ0v) is 13.3. The van der Waals surface area contributed by atoms with Crippen LogP contribution in [0.5, 0.6) is 0 Å². The molecule has 1 aromatic rings. The first-order valence-corrected chi connectivity index (χ1v) is 7.03. The predicted octanol–water partition coefficient (Wildman–Crippen LogP) is 2.42. The fourth-order valence-corrected chi connectivity index (χ4v) is 2.63. The van der Waals surface area contributed by atoms with Gasteiger partial charge in [-0.05, 0) is 41.1 Å². The van der Waals surface area contributed by atoms with Gasteiger partial charge in [0.15, 0.2) is 0 Å². The lowest BCUT2D eigenvalue weighted by atomic mass is 10.2. The smallest absolute Gasteiger partial charge is 0.255 e. The topological polar surface area (TPSA) is 49.4 Å². The maximum Gasteiger partial charge on any atom is 0.255 e. The minimum absolute atomic E-state index is 0.0638. The van der Waals surface area contributed by atoms with Crippen LogP contribution in [0.4, 0.5) is 0 Å². The van der Waals surface area contributed by atoms with Gasteiger partial charge in [-0.3, -0.25) is 9.59 Å². The molecule has 0 saturated carbocycles. The Morgan fingerprint density at radius 1 is 1.33 bits per heavy atom. The predicted molar refractivity (Wildman–Crippen MR) is 77.5 cm³/mol. The van der Waals surface area contributed by atoms with E-state index in [-0.39, 0.29) is 18.4 Å². The molecule has 0 bridgehead atoms. The Hall–Kier alpha value is -0.880. The summed E-state index contributed by atoms with van der Waals surface area (Å²) in [5, 5.41) is 2.51. The fraction of sp³-hybridized carbons (Fsp3) is 0.333. The van der Waals surface area contributed by atoms with Crippen LogP contribution in [0, 0.1) is 0 Å². The zero-order chi connectivity index (χ0) is 13.7. The number of carbonyl (C=O) groups excluding carboxylic acids is 2.